The first kappa shape index (κ1) is 15.6. The number of thioether (sulfide) groups is 1. The summed E-state index contributed by atoms with van der Waals surface area (Å²) in [5.41, 5.74) is 4.33. The van der Waals surface area contributed by atoms with Crippen molar-refractivity contribution in [3.8, 4) is 0 Å². The summed E-state index contributed by atoms with van der Waals surface area (Å²) in [5, 5.41) is 0.905. The van der Waals surface area contributed by atoms with Gasteiger partial charge in [-0.25, -0.2) is 9.78 Å². The molecule has 0 bridgehead atoms. The molecule has 4 heteroatoms. The number of hydrogen-bond donors (Lipinski definition) is 0. The largest absolute Gasteiger partial charge is 0.462 e. The molecule has 0 atom stereocenters. The Balaban J connectivity index is 1.99. The molecule has 0 amide bonds. The summed E-state index contributed by atoms with van der Waals surface area (Å²) in [5.74, 6) is 0.546. The van der Waals surface area contributed by atoms with Gasteiger partial charge in [-0.1, -0.05) is 29.3 Å². The molecule has 2 rings (SSSR count). The molecule has 1 heterocycles. The minimum absolute atomic E-state index is 0.323. The first-order valence-electron chi connectivity index (χ1n) is 6.91. The van der Waals surface area contributed by atoms with Gasteiger partial charge in [0.05, 0.1) is 17.2 Å². The lowest BCUT2D eigenvalue weighted by Crippen LogP contribution is -2.04. The van der Waals surface area contributed by atoms with Crippen LogP contribution in [0.4, 0.5) is 0 Å². The van der Waals surface area contributed by atoms with Crippen LogP contribution in [0.1, 0.15) is 34.0 Å². The van der Waals surface area contributed by atoms with E-state index in [4.69, 9.17) is 4.74 Å². The number of benzene rings is 1. The average molecular weight is 301 g/mol. The van der Waals surface area contributed by atoms with E-state index < -0.39 is 0 Å². The Morgan fingerprint density at radius 3 is 2.48 bits per heavy atom. The zero-order chi connectivity index (χ0) is 15.2. The zero-order valence-corrected chi connectivity index (χ0v) is 13.4. The summed E-state index contributed by atoms with van der Waals surface area (Å²) >= 11 is 1.66. The molecule has 0 aliphatic rings. The minimum atomic E-state index is -0.323. The van der Waals surface area contributed by atoms with E-state index >= 15 is 0 Å². The van der Waals surface area contributed by atoms with E-state index in [1.165, 1.54) is 16.7 Å². The number of aromatic nitrogens is 1. The first-order chi connectivity index (χ1) is 10.1. The van der Waals surface area contributed by atoms with E-state index in [-0.39, 0.29) is 5.97 Å². The molecule has 0 saturated heterocycles. The molecule has 3 nitrogen and oxygen atoms in total. The van der Waals surface area contributed by atoms with E-state index in [0.29, 0.717) is 12.2 Å². The van der Waals surface area contributed by atoms with Gasteiger partial charge in [-0.05, 0) is 38.5 Å². The van der Waals surface area contributed by atoms with Crippen molar-refractivity contribution in [2.75, 3.05) is 6.61 Å². The first-order valence-corrected chi connectivity index (χ1v) is 7.90. The van der Waals surface area contributed by atoms with Crippen molar-refractivity contribution >= 4 is 17.7 Å². The van der Waals surface area contributed by atoms with Crippen molar-refractivity contribution in [1.29, 1.82) is 0 Å². The van der Waals surface area contributed by atoms with Crippen LogP contribution in [0, 0.1) is 13.8 Å². The predicted octanol–water partition coefficient (Wildman–Crippen LogP) is 4.17. The van der Waals surface area contributed by atoms with Crippen LogP contribution >= 0.6 is 11.8 Å². The number of hydrogen-bond acceptors (Lipinski definition) is 4. The van der Waals surface area contributed by atoms with E-state index in [9.17, 15) is 4.79 Å². The molecular weight excluding hydrogens is 282 g/mol. The standard InChI is InChI=1S/C17H19NO2S/c1-4-20-17(19)15-5-6-16(18-10-15)21-11-14-8-12(2)7-13(3)9-14/h5-10H,4,11H2,1-3H3. The summed E-state index contributed by atoms with van der Waals surface area (Å²) in [6.07, 6.45) is 1.57. The molecule has 110 valence electrons. The molecule has 0 saturated carbocycles. The highest BCUT2D eigenvalue weighted by Gasteiger charge is 2.07. The second kappa shape index (κ2) is 7.27. The summed E-state index contributed by atoms with van der Waals surface area (Å²) in [6, 6.07) is 10.2. The monoisotopic (exact) mass is 301 g/mol. The molecule has 0 radical (unpaired) electrons. The van der Waals surface area contributed by atoms with Crippen LogP contribution in [0.15, 0.2) is 41.6 Å². The van der Waals surface area contributed by atoms with Crippen LogP contribution in [-0.2, 0) is 10.5 Å². The van der Waals surface area contributed by atoms with Crippen LogP contribution in [-0.4, -0.2) is 17.6 Å². The van der Waals surface area contributed by atoms with Gasteiger partial charge in [0.15, 0.2) is 0 Å². The normalized spacial score (nSPS) is 10.4. The highest BCUT2D eigenvalue weighted by molar-refractivity contribution is 7.98. The van der Waals surface area contributed by atoms with Crippen molar-refractivity contribution in [2.45, 2.75) is 31.6 Å². The number of pyridine rings is 1. The second-order valence-electron chi connectivity index (χ2n) is 4.89. The van der Waals surface area contributed by atoms with Crippen molar-refractivity contribution in [1.82, 2.24) is 4.98 Å². The van der Waals surface area contributed by atoms with Crippen molar-refractivity contribution in [2.24, 2.45) is 0 Å². The number of rotatable bonds is 5. The number of carbonyl (C=O) groups is 1. The van der Waals surface area contributed by atoms with Gasteiger partial charge in [0.2, 0.25) is 0 Å². The number of carbonyl (C=O) groups excluding carboxylic acids is 1. The average Bonchev–Trinajstić information content (AvgIpc) is 2.45. The fourth-order valence-corrected chi connectivity index (χ4v) is 2.88. The van der Waals surface area contributed by atoms with Crippen molar-refractivity contribution in [3.63, 3.8) is 0 Å². The van der Waals surface area contributed by atoms with E-state index in [1.54, 1.807) is 30.9 Å². The van der Waals surface area contributed by atoms with Gasteiger partial charge >= 0.3 is 5.97 Å². The second-order valence-corrected chi connectivity index (χ2v) is 5.89. The summed E-state index contributed by atoms with van der Waals surface area (Å²) in [6.45, 7) is 6.38. The smallest absolute Gasteiger partial charge is 0.339 e. The molecule has 0 unspecified atom stereocenters. The lowest BCUT2D eigenvalue weighted by Gasteiger charge is -2.05. The Hall–Kier alpha value is -1.81. The Morgan fingerprint density at radius 1 is 1.19 bits per heavy atom. The third kappa shape index (κ3) is 4.60. The summed E-state index contributed by atoms with van der Waals surface area (Å²) in [7, 11) is 0. The highest BCUT2D eigenvalue weighted by Crippen LogP contribution is 2.22. The number of esters is 1. The Labute approximate surface area is 129 Å². The van der Waals surface area contributed by atoms with Gasteiger partial charge in [0.25, 0.3) is 0 Å². The van der Waals surface area contributed by atoms with Gasteiger partial charge in [0.1, 0.15) is 0 Å². The minimum Gasteiger partial charge on any atom is -0.462 e. The Bertz CT molecular complexity index is 603. The molecule has 2 aromatic rings. The van der Waals surface area contributed by atoms with Gasteiger partial charge in [0, 0.05) is 11.9 Å². The van der Waals surface area contributed by atoms with Crippen LogP contribution in [0.25, 0.3) is 0 Å². The van der Waals surface area contributed by atoms with Crippen molar-refractivity contribution < 1.29 is 9.53 Å². The lowest BCUT2D eigenvalue weighted by molar-refractivity contribution is 0.0525. The van der Waals surface area contributed by atoms with E-state index in [1.807, 2.05) is 6.07 Å². The Kier molecular flexibility index (Phi) is 5.39. The quantitative estimate of drug-likeness (QED) is 0.614. The third-order valence-corrected chi connectivity index (χ3v) is 3.93. The van der Waals surface area contributed by atoms with E-state index in [0.717, 1.165) is 10.8 Å². The summed E-state index contributed by atoms with van der Waals surface area (Å²) in [4.78, 5) is 15.8. The number of ether oxygens (including phenoxy) is 1. The van der Waals surface area contributed by atoms with Crippen LogP contribution in [0.2, 0.25) is 0 Å². The lowest BCUT2D eigenvalue weighted by atomic mass is 10.1. The topological polar surface area (TPSA) is 39.2 Å². The van der Waals surface area contributed by atoms with Gasteiger partial charge < -0.3 is 4.74 Å². The number of aryl methyl sites for hydroxylation is 2. The molecule has 0 aliphatic heterocycles. The highest BCUT2D eigenvalue weighted by atomic mass is 32.2. The third-order valence-electron chi connectivity index (χ3n) is 2.92. The zero-order valence-electron chi connectivity index (χ0n) is 12.6. The molecule has 0 fully saturated rings. The van der Waals surface area contributed by atoms with Crippen LogP contribution in [0.5, 0.6) is 0 Å². The van der Waals surface area contributed by atoms with Gasteiger partial charge in [-0.15, -0.1) is 11.8 Å². The molecule has 1 aromatic heterocycles. The Morgan fingerprint density at radius 2 is 1.90 bits per heavy atom. The molecule has 0 spiro atoms. The fourth-order valence-electron chi connectivity index (χ4n) is 2.11. The fraction of sp³-hybridized carbons (Fsp3) is 0.294. The maximum atomic E-state index is 11.5. The predicted molar refractivity (Wildman–Crippen MR) is 85.7 cm³/mol. The van der Waals surface area contributed by atoms with Crippen molar-refractivity contribution in [3.05, 3.63) is 58.8 Å². The molecule has 1 aromatic carbocycles. The summed E-state index contributed by atoms with van der Waals surface area (Å²) < 4.78 is 4.94. The molecule has 21 heavy (non-hydrogen) atoms. The molecule has 0 aliphatic carbocycles. The maximum absolute atomic E-state index is 11.5. The molecular formula is C17H19NO2S. The number of nitrogens with zero attached hydrogens (tertiary/aromatic N) is 1. The van der Waals surface area contributed by atoms with Gasteiger partial charge in [-0.3, -0.25) is 0 Å². The van der Waals surface area contributed by atoms with E-state index in [2.05, 4.69) is 37.0 Å². The van der Waals surface area contributed by atoms with Crippen LogP contribution in [0.3, 0.4) is 0 Å². The van der Waals surface area contributed by atoms with Gasteiger partial charge in [-0.2, -0.15) is 0 Å². The SMILES string of the molecule is CCOC(=O)c1ccc(SCc2cc(C)cc(C)c2)nc1. The maximum Gasteiger partial charge on any atom is 0.339 e. The molecule has 0 N–H and O–H groups in total. The van der Waals surface area contributed by atoms with Crippen LogP contribution < -0.4 is 0 Å².